The number of ether oxygens (including phenoxy) is 2. The minimum Gasteiger partial charge on any atom is -0.466 e. The fraction of sp³-hybridized carbons (Fsp3) is 0.214. The normalized spacial score (nSPS) is 11.5. The summed E-state index contributed by atoms with van der Waals surface area (Å²) in [6, 6.07) is 23.8. The van der Waals surface area contributed by atoms with Gasteiger partial charge in [-0.15, -0.1) is 0 Å². The molecule has 166 valence electrons. The minimum absolute atomic E-state index is 0.0300. The Bertz CT molecular complexity index is 1160. The average molecular weight is 440 g/mol. The summed E-state index contributed by atoms with van der Waals surface area (Å²) in [6.07, 6.45) is -0.249. The lowest BCUT2D eigenvalue weighted by Gasteiger charge is -2.14. The lowest BCUT2D eigenvalue weighted by Crippen LogP contribution is -2.26. The molecule has 3 aromatic rings. The number of carbonyl (C=O) groups excluding carboxylic acids is 2. The van der Waals surface area contributed by atoms with Gasteiger partial charge in [-0.05, 0) is 46.9 Å². The lowest BCUT2D eigenvalue weighted by molar-refractivity contribution is -0.142. The number of carbonyl (C=O) groups is 2. The molecule has 0 saturated heterocycles. The summed E-state index contributed by atoms with van der Waals surface area (Å²) in [5, 5.41) is 2.68. The zero-order chi connectivity index (χ0) is 23.0. The number of hydrogen-bond donors (Lipinski definition) is 1. The topological polar surface area (TPSA) is 64.6 Å². The van der Waals surface area contributed by atoms with Crippen LogP contribution in [0.1, 0.15) is 35.1 Å². The van der Waals surface area contributed by atoms with E-state index in [0.717, 1.165) is 11.1 Å². The van der Waals surface area contributed by atoms with Gasteiger partial charge < -0.3 is 14.8 Å². The Morgan fingerprint density at radius 2 is 1.52 bits per heavy atom. The van der Waals surface area contributed by atoms with Crippen molar-refractivity contribution >= 4 is 12.1 Å². The molecule has 1 N–H and O–H groups in total. The van der Waals surface area contributed by atoms with Crippen LogP contribution in [0.15, 0.2) is 72.8 Å². The van der Waals surface area contributed by atoms with E-state index in [1.807, 2.05) is 48.5 Å². The van der Waals surface area contributed by atoms with Gasteiger partial charge >= 0.3 is 12.1 Å². The van der Waals surface area contributed by atoms with E-state index in [0.29, 0.717) is 6.61 Å². The second-order valence-electron chi connectivity index (χ2n) is 7.66. The van der Waals surface area contributed by atoms with Crippen molar-refractivity contribution in [2.75, 3.05) is 19.8 Å². The van der Waals surface area contributed by atoms with Crippen molar-refractivity contribution in [3.63, 3.8) is 0 Å². The van der Waals surface area contributed by atoms with E-state index in [1.165, 1.54) is 22.3 Å². The molecule has 0 unspecified atom stereocenters. The van der Waals surface area contributed by atoms with Gasteiger partial charge in [-0.2, -0.15) is 0 Å². The minimum atomic E-state index is -0.490. The van der Waals surface area contributed by atoms with Crippen LogP contribution in [0.25, 0.3) is 11.1 Å². The molecule has 3 aromatic carbocycles. The number of rotatable bonds is 6. The summed E-state index contributed by atoms with van der Waals surface area (Å²) in [5.74, 6) is 5.69. The molecule has 5 nitrogen and oxygen atoms in total. The second-order valence-corrected chi connectivity index (χ2v) is 7.66. The third kappa shape index (κ3) is 5.42. The number of amides is 1. The molecule has 0 atom stereocenters. The maximum atomic E-state index is 12.2. The van der Waals surface area contributed by atoms with Gasteiger partial charge in [0.05, 0.1) is 19.6 Å². The van der Waals surface area contributed by atoms with Crippen LogP contribution in [-0.2, 0) is 20.7 Å². The monoisotopic (exact) mass is 439 g/mol. The van der Waals surface area contributed by atoms with Crippen LogP contribution in [0.4, 0.5) is 4.79 Å². The van der Waals surface area contributed by atoms with Crippen LogP contribution in [0.2, 0.25) is 0 Å². The van der Waals surface area contributed by atoms with Crippen LogP contribution in [0.3, 0.4) is 0 Å². The highest BCUT2D eigenvalue weighted by Gasteiger charge is 2.28. The quantitative estimate of drug-likeness (QED) is 0.447. The van der Waals surface area contributed by atoms with Gasteiger partial charge in [0.15, 0.2) is 0 Å². The van der Waals surface area contributed by atoms with Crippen LogP contribution in [0.5, 0.6) is 0 Å². The zero-order valence-corrected chi connectivity index (χ0v) is 18.5. The maximum Gasteiger partial charge on any atom is 0.407 e. The number of hydrogen-bond acceptors (Lipinski definition) is 4. The number of alkyl carbamates (subject to hydrolysis) is 1. The molecule has 0 bridgehead atoms. The third-order valence-corrected chi connectivity index (χ3v) is 5.51. The molecule has 0 saturated carbocycles. The fourth-order valence-electron chi connectivity index (χ4n) is 4.00. The number of nitrogens with one attached hydrogen (secondary N) is 1. The molecule has 1 aliphatic rings. The summed E-state index contributed by atoms with van der Waals surface area (Å²) in [4.78, 5) is 23.7. The molecule has 1 amide bonds. The van der Waals surface area contributed by atoms with E-state index < -0.39 is 6.09 Å². The van der Waals surface area contributed by atoms with Gasteiger partial charge in [0.2, 0.25) is 0 Å². The highest BCUT2D eigenvalue weighted by molar-refractivity contribution is 5.79. The first-order valence-corrected chi connectivity index (χ1v) is 11.0. The Morgan fingerprint density at radius 1 is 0.879 bits per heavy atom. The Morgan fingerprint density at radius 3 is 2.15 bits per heavy atom. The van der Waals surface area contributed by atoms with E-state index in [4.69, 9.17) is 9.47 Å². The Balaban J connectivity index is 1.27. The van der Waals surface area contributed by atoms with E-state index in [1.54, 1.807) is 6.92 Å². The van der Waals surface area contributed by atoms with Crippen LogP contribution in [0, 0.1) is 11.8 Å². The van der Waals surface area contributed by atoms with Crippen molar-refractivity contribution in [2.24, 2.45) is 0 Å². The van der Waals surface area contributed by atoms with Gasteiger partial charge in [0.1, 0.15) is 6.61 Å². The average Bonchev–Trinajstić information content (AvgIpc) is 3.15. The molecule has 0 heterocycles. The fourth-order valence-corrected chi connectivity index (χ4v) is 4.00. The number of esters is 1. The molecule has 0 fully saturated rings. The molecular weight excluding hydrogens is 414 g/mol. The molecule has 0 spiro atoms. The predicted octanol–water partition coefficient (Wildman–Crippen LogP) is 4.68. The smallest absolute Gasteiger partial charge is 0.407 e. The predicted molar refractivity (Wildman–Crippen MR) is 127 cm³/mol. The Labute approximate surface area is 193 Å². The molecule has 1 aliphatic carbocycles. The van der Waals surface area contributed by atoms with E-state index in [2.05, 4.69) is 41.4 Å². The number of benzene rings is 3. The summed E-state index contributed by atoms with van der Waals surface area (Å²) in [7, 11) is 0. The molecule has 33 heavy (non-hydrogen) atoms. The van der Waals surface area contributed by atoms with Crippen LogP contribution >= 0.6 is 0 Å². The van der Waals surface area contributed by atoms with Gasteiger partial charge in [0, 0.05) is 11.5 Å². The highest BCUT2D eigenvalue weighted by atomic mass is 16.5. The first-order chi connectivity index (χ1) is 16.2. The molecule has 5 heteroatoms. The van der Waals surface area contributed by atoms with Crippen molar-refractivity contribution in [3.8, 4) is 23.0 Å². The molecule has 0 aromatic heterocycles. The summed E-state index contributed by atoms with van der Waals surface area (Å²) in [5.41, 5.74) is 6.42. The van der Waals surface area contributed by atoms with Crippen molar-refractivity contribution in [3.05, 3.63) is 95.1 Å². The van der Waals surface area contributed by atoms with E-state index in [-0.39, 0.29) is 31.5 Å². The SMILES string of the molecule is CCOC(=O)Cc1ccc(C#CCNC(=O)OCC2c3ccccc3-c3ccccc32)cc1. The molecule has 0 radical (unpaired) electrons. The van der Waals surface area contributed by atoms with Crippen molar-refractivity contribution < 1.29 is 19.1 Å². The number of fused-ring (bicyclic) bond motifs is 3. The van der Waals surface area contributed by atoms with Gasteiger partial charge in [-0.25, -0.2) is 4.79 Å². The molecule has 4 rings (SSSR count). The van der Waals surface area contributed by atoms with Crippen molar-refractivity contribution in [1.82, 2.24) is 5.32 Å². The van der Waals surface area contributed by atoms with Crippen molar-refractivity contribution in [2.45, 2.75) is 19.3 Å². The van der Waals surface area contributed by atoms with Crippen molar-refractivity contribution in [1.29, 1.82) is 0 Å². The van der Waals surface area contributed by atoms with Gasteiger partial charge in [0.25, 0.3) is 0 Å². The van der Waals surface area contributed by atoms with E-state index >= 15 is 0 Å². The second kappa shape index (κ2) is 10.5. The maximum absolute atomic E-state index is 12.2. The van der Waals surface area contributed by atoms with Crippen LogP contribution in [-0.4, -0.2) is 31.8 Å². The molecular formula is C28H25NO4. The standard InChI is InChI=1S/C28H25NO4/c1-2-32-27(30)18-21-15-13-20(14-16-21)8-7-17-29-28(31)33-19-26-24-11-5-3-9-22(24)23-10-4-6-12-25(23)26/h3-6,9-16,26H,2,17-19H2,1H3,(H,29,31). The Kier molecular flexibility index (Phi) is 7.06. The first kappa shape index (κ1) is 22.2. The first-order valence-electron chi connectivity index (χ1n) is 11.0. The van der Waals surface area contributed by atoms with Crippen LogP contribution < -0.4 is 5.32 Å². The van der Waals surface area contributed by atoms with Gasteiger partial charge in [-0.3, -0.25) is 4.79 Å². The Hall–Kier alpha value is -4.04. The highest BCUT2D eigenvalue weighted by Crippen LogP contribution is 2.44. The zero-order valence-electron chi connectivity index (χ0n) is 18.5. The summed E-state index contributed by atoms with van der Waals surface area (Å²) >= 11 is 0. The third-order valence-electron chi connectivity index (χ3n) is 5.51. The summed E-state index contributed by atoms with van der Waals surface area (Å²) in [6.45, 7) is 2.61. The van der Waals surface area contributed by atoms with E-state index in [9.17, 15) is 9.59 Å². The largest absolute Gasteiger partial charge is 0.466 e. The summed E-state index contributed by atoms with van der Waals surface area (Å²) < 4.78 is 10.4. The van der Waals surface area contributed by atoms with Gasteiger partial charge in [-0.1, -0.05) is 72.5 Å². The lowest BCUT2D eigenvalue weighted by atomic mass is 9.98. The molecule has 0 aliphatic heterocycles.